The molecular formula is C29H27NO5. The molecule has 1 fully saturated rings. The molecule has 2 N–H and O–H groups in total. The quantitative estimate of drug-likeness (QED) is 0.327. The topological polar surface area (TPSA) is 92.8 Å². The first-order valence-corrected chi connectivity index (χ1v) is 11.7. The second-order valence-corrected chi connectivity index (χ2v) is 9.07. The predicted molar refractivity (Wildman–Crippen MR) is 132 cm³/mol. The van der Waals surface area contributed by atoms with Gasteiger partial charge in [0.05, 0.1) is 29.9 Å². The number of aliphatic hydroxyl groups excluding tert-OH is 1. The van der Waals surface area contributed by atoms with Crippen LogP contribution in [0, 0.1) is 6.92 Å². The molecular weight excluding hydrogens is 442 g/mol. The van der Waals surface area contributed by atoms with Gasteiger partial charge in [0.25, 0.3) is 0 Å². The zero-order valence-electron chi connectivity index (χ0n) is 19.5. The summed E-state index contributed by atoms with van der Waals surface area (Å²) in [6, 6.07) is 25.4. The van der Waals surface area contributed by atoms with Gasteiger partial charge in [0.15, 0.2) is 5.76 Å². The molecule has 0 amide bonds. The Labute approximate surface area is 203 Å². The standard InChI is InChI=1S/C29H27NO5/c1-19-26(25(31)18-34-17-20-5-3-2-4-6-20)27(35-30-19)23-9-7-21(8-10-23)22-11-13-24(14-12-22)29(15-16-29)28(32)33/h2-14,25,31H,15-18H2,1H3,(H,32,33)/t25-/m1/s1. The third-order valence-electron chi connectivity index (χ3n) is 6.71. The zero-order valence-corrected chi connectivity index (χ0v) is 19.5. The molecule has 1 aromatic heterocycles. The fourth-order valence-electron chi connectivity index (χ4n) is 4.47. The highest BCUT2D eigenvalue weighted by Gasteiger charge is 2.51. The molecule has 6 heteroatoms. The summed E-state index contributed by atoms with van der Waals surface area (Å²) in [5.74, 6) is -0.224. The normalized spacial score (nSPS) is 15.0. The number of benzene rings is 3. The van der Waals surface area contributed by atoms with Crippen LogP contribution in [0.3, 0.4) is 0 Å². The van der Waals surface area contributed by atoms with Crippen molar-refractivity contribution in [3.05, 3.63) is 101 Å². The van der Waals surface area contributed by atoms with Crippen molar-refractivity contribution in [3.8, 4) is 22.5 Å². The molecule has 1 aliphatic carbocycles. The summed E-state index contributed by atoms with van der Waals surface area (Å²) < 4.78 is 11.3. The molecule has 0 unspecified atom stereocenters. The second-order valence-electron chi connectivity index (χ2n) is 9.07. The number of hydrogen-bond donors (Lipinski definition) is 2. The Morgan fingerprint density at radius 2 is 1.57 bits per heavy atom. The van der Waals surface area contributed by atoms with E-state index < -0.39 is 17.5 Å². The van der Waals surface area contributed by atoms with Gasteiger partial charge in [-0.3, -0.25) is 4.79 Å². The lowest BCUT2D eigenvalue weighted by molar-refractivity contribution is -0.140. The van der Waals surface area contributed by atoms with Crippen LogP contribution >= 0.6 is 0 Å². The van der Waals surface area contributed by atoms with E-state index in [0.29, 0.717) is 36.5 Å². The minimum Gasteiger partial charge on any atom is -0.481 e. The monoisotopic (exact) mass is 469 g/mol. The number of aliphatic carboxylic acids is 1. The van der Waals surface area contributed by atoms with Crippen LogP contribution in [0.2, 0.25) is 0 Å². The predicted octanol–water partition coefficient (Wildman–Crippen LogP) is 5.68. The van der Waals surface area contributed by atoms with E-state index in [4.69, 9.17) is 9.26 Å². The number of aromatic nitrogens is 1. The van der Waals surface area contributed by atoms with Gasteiger partial charge >= 0.3 is 5.97 Å². The van der Waals surface area contributed by atoms with Crippen molar-refractivity contribution in [1.29, 1.82) is 0 Å². The Morgan fingerprint density at radius 1 is 0.971 bits per heavy atom. The fraction of sp³-hybridized carbons (Fsp3) is 0.241. The zero-order chi connectivity index (χ0) is 24.4. The van der Waals surface area contributed by atoms with Crippen molar-refractivity contribution in [2.45, 2.75) is 37.9 Å². The largest absolute Gasteiger partial charge is 0.481 e. The van der Waals surface area contributed by atoms with Gasteiger partial charge in [0.1, 0.15) is 6.10 Å². The van der Waals surface area contributed by atoms with Crippen LogP contribution in [0.1, 0.15) is 41.3 Å². The molecule has 1 aliphatic rings. The van der Waals surface area contributed by atoms with Crippen LogP contribution in [0.15, 0.2) is 83.4 Å². The molecule has 3 aromatic carbocycles. The van der Waals surface area contributed by atoms with Gasteiger partial charge in [-0.15, -0.1) is 0 Å². The molecule has 1 saturated carbocycles. The Kier molecular flexibility index (Phi) is 6.24. The number of carboxylic acids is 1. The van der Waals surface area contributed by atoms with Crippen molar-refractivity contribution in [3.63, 3.8) is 0 Å². The van der Waals surface area contributed by atoms with Crippen LogP contribution in [-0.2, 0) is 21.6 Å². The Hall–Kier alpha value is -3.74. The Bertz CT molecular complexity index is 1310. The molecule has 0 aliphatic heterocycles. The average molecular weight is 470 g/mol. The van der Waals surface area contributed by atoms with Crippen LogP contribution in [-0.4, -0.2) is 27.9 Å². The highest BCUT2D eigenvalue weighted by molar-refractivity contribution is 5.85. The average Bonchev–Trinajstić information content (AvgIpc) is 3.61. The number of ether oxygens (including phenoxy) is 1. The van der Waals surface area contributed by atoms with Crippen molar-refractivity contribution >= 4 is 5.97 Å². The third-order valence-corrected chi connectivity index (χ3v) is 6.71. The van der Waals surface area contributed by atoms with Crippen molar-refractivity contribution in [1.82, 2.24) is 5.16 Å². The van der Waals surface area contributed by atoms with E-state index in [9.17, 15) is 15.0 Å². The number of carbonyl (C=O) groups is 1. The maximum Gasteiger partial charge on any atom is 0.314 e. The van der Waals surface area contributed by atoms with Crippen LogP contribution in [0.4, 0.5) is 0 Å². The lowest BCUT2D eigenvalue weighted by Crippen LogP contribution is -2.19. The summed E-state index contributed by atoms with van der Waals surface area (Å²) in [5, 5.41) is 24.4. The van der Waals surface area contributed by atoms with Gasteiger partial charge in [0, 0.05) is 5.56 Å². The van der Waals surface area contributed by atoms with Gasteiger partial charge in [-0.25, -0.2) is 0 Å². The molecule has 0 radical (unpaired) electrons. The molecule has 0 saturated heterocycles. The summed E-state index contributed by atoms with van der Waals surface area (Å²) in [7, 11) is 0. The van der Waals surface area contributed by atoms with Gasteiger partial charge in [-0.05, 0) is 42.0 Å². The lowest BCUT2D eigenvalue weighted by Gasteiger charge is -2.13. The fourth-order valence-corrected chi connectivity index (χ4v) is 4.47. The Balaban J connectivity index is 1.29. The van der Waals surface area contributed by atoms with Crippen molar-refractivity contribution in [2.24, 2.45) is 0 Å². The minimum absolute atomic E-state index is 0.131. The molecule has 35 heavy (non-hydrogen) atoms. The first kappa shape index (κ1) is 23.0. The minimum atomic E-state index is -0.865. The summed E-state index contributed by atoms with van der Waals surface area (Å²) in [6.07, 6.45) is 0.521. The first-order chi connectivity index (χ1) is 17.0. The van der Waals surface area contributed by atoms with Crippen LogP contribution in [0.5, 0.6) is 0 Å². The van der Waals surface area contributed by atoms with Crippen LogP contribution < -0.4 is 0 Å². The number of nitrogens with zero attached hydrogens (tertiary/aromatic N) is 1. The highest BCUT2D eigenvalue weighted by atomic mass is 16.5. The van der Waals surface area contributed by atoms with Crippen molar-refractivity contribution < 1.29 is 24.3 Å². The summed E-state index contributed by atoms with van der Waals surface area (Å²) in [4.78, 5) is 11.6. The molecule has 178 valence electrons. The third kappa shape index (κ3) is 4.63. The van der Waals surface area contributed by atoms with Gasteiger partial charge in [-0.2, -0.15) is 0 Å². The van der Waals surface area contributed by atoms with Crippen LogP contribution in [0.25, 0.3) is 22.5 Å². The highest BCUT2D eigenvalue weighted by Crippen LogP contribution is 2.48. The molecule has 6 nitrogen and oxygen atoms in total. The molecule has 1 atom stereocenters. The molecule has 0 spiro atoms. The SMILES string of the molecule is Cc1noc(-c2ccc(-c3ccc(C4(C(=O)O)CC4)cc3)cc2)c1[C@H](O)COCc1ccccc1. The van der Waals surface area contributed by atoms with E-state index in [1.165, 1.54) is 0 Å². The molecule has 4 aromatic rings. The van der Waals surface area contributed by atoms with E-state index in [1.54, 1.807) is 0 Å². The molecule has 5 rings (SSSR count). The number of carboxylic acid groups (broad SMARTS) is 1. The number of rotatable bonds is 9. The number of aliphatic hydroxyl groups is 1. The van der Waals surface area contributed by atoms with Crippen molar-refractivity contribution in [2.75, 3.05) is 6.61 Å². The van der Waals surface area contributed by atoms with E-state index in [1.807, 2.05) is 85.8 Å². The molecule has 1 heterocycles. The van der Waals surface area contributed by atoms with E-state index in [-0.39, 0.29) is 6.61 Å². The van der Waals surface area contributed by atoms with E-state index >= 15 is 0 Å². The van der Waals surface area contributed by atoms with E-state index in [0.717, 1.165) is 27.8 Å². The summed E-state index contributed by atoms with van der Waals surface area (Å²) >= 11 is 0. The number of hydrogen-bond acceptors (Lipinski definition) is 5. The molecule has 0 bridgehead atoms. The van der Waals surface area contributed by atoms with Gasteiger partial charge in [-0.1, -0.05) is 84.0 Å². The number of aryl methyl sites for hydroxylation is 1. The summed E-state index contributed by atoms with van der Waals surface area (Å²) in [5.41, 5.74) is 5.27. The smallest absolute Gasteiger partial charge is 0.314 e. The summed E-state index contributed by atoms with van der Waals surface area (Å²) in [6.45, 7) is 2.35. The lowest BCUT2D eigenvalue weighted by atomic mass is 9.93. The van der Waals surface area contributed by atoms with Gasteiger partial charge < -0.3 is 19.5 Å². The Morgan fingerprint density at radius 3 is 2.17 bits per heavy atom. The second kappa shape index (κ2) is 9.49. The maximum atomic E-state index is 11.6. The maximum absolute atomic E-state index is 11.6. The van der Waals surface area contributed by atoms with E-state index in [2.05, 4.69) is 5.16 Å². The first-order valence-electron chi connectivity index (χ1n) is 11.7. The van der Waals surface area contributed by atoms with Gasteiger partial charge in [0.2, 0.25) is 0 Å².